The van der Waals surface area contributed by atoms with Crippen molar-refractivity contribution in [1.82, 2.24) is 19.6 Å². The summed E-state index contributed by atoms with van der Waals surface area (Å²) in [5.41, 5.74) is 5.92. The van der Waals surface area contributed by atoms with Gasteiger partial charge in [-0.3, -0.25) is 14.4 Å². The Morgan fingerprint density at radius 1 is 1.47 bits per heavy atom. The molecule has 104 valence electrons. The first kappa shape index (κ1) is 13.3. The molecule has 1 aromatic rings. The number of amidine groups is 1. The molecule has 0 spiro atoms. The molecular formula is C11H18N6O2. The van der Waals surface area contributed by atoms with E-state index in [1.807, 2.05) is 4.90 Å². The van der Waals surface area contributed by atoms with Gasteiger partial charge in [0.25, 0.3) is 5.91 Å². The van der Waals surface area contributed by atoms with Gasteiger partial charge >= 0.3 is 0 Å². The summed E-state index contributed by atoms with van der Waals surface area (Å²) < 4.78 is 1.61. The van der Waals surface area contributed by atoms with Crippen molar-refractivity contribution in [2.24, 2.45) is 17.9 Å². The number of oxime groups is 1. The zero-order valence-corrected chi connectivity index (χ0v) is 10.9. The Bertz CT molecular complexity index is 475. The summed E-state index contributed by atoms with van der Waals surface area (Å²) in [6.45, 7) is 3.06. The van der Waals surface area contributed by atoms with E-state index in [0.29, 0.717) is 38.4 Å². The van der Waals surface area contributed by atoms with Gasteiger partial charge in [0.1, 0.15) is 5.69 Å². The molecule has 0 radical (unpaired) electrons. The molecule has 0 saturated carbocycles. The maximum absolute atomic E-state index is 12.1. The lowest BCUT2D eigenvalue weighted by molar-refractivity contribution is 0.0646. The third-order valence-corrected chi connectivity index (χ3v) is 3.11. The number of carbonyl (C=O) groups excluding carboxylic acids is 1. The zero-order chi connectivity index (χ0) is 13.8. The molecule has 1 fully saturated rings. The largest absolute Gasteiger partial charge is 0.409 e. The highest BCUT2D eigenvalue weighted by Gasteiger charge is 2.23. The fourth-order valence-corrected chi connectivity index (χ4v) is 2.06. The summed E-state index contributed by atoms with van der Waals surface area (Å²) >= 11 is 0. The third kappa shape index (κ3) is 3.22. The molecule has 2 rings (SSSR count). The van der Waals surface area contributed by atoms with E-state index in [1.54, 1.807) is 28.9 Å². The molecule has 1 aliphatic rings. The summed E-state index contributed by atoms with van der Waals surface area (Å²) in [7, 11) is 1.78. The van der Waals surface area contributed by atoms with Crippen LogP contribution in [0.2, 0.25) is 0 Å². The van der Waals surface area contributed by atoms with E-state index >= 15 is 0 Å². The van der Waals surface area contributed by atoms with E-state index < -0.39 is 0 Å². The lowest BCUT2D eigenvalue weighted by Gasteiger charge is -2.33. The maximum Gasteiger partial charge on any atom is 0.274 e. The average molecular weight is 266 g/mol. The van der Waals surface area contributed by atoms with Crippen LogP contribution in [0.25, 0.3) is 0 Å². The van der Waals surface area contributed by atoms with Crippen LogP contribution >= 0.6 is 0 Å². The molecule has 8 heteroatoms. The highest BCUT2D eigenvalue weighted by molar-refractivity contribution is 5.92. The van der Waals surface area contributed by atoms with E-state index in [9.17, 15) is 4.79 Å². The number of rotatable bonds is 3. The average Bonchev–Trinajstić information content (AvgIpc) is 2.85. The van der Waals surface area contributed by atoms with Crippen molar-refractivity contribution >= 4 is 11.7 Å². The standard InChI is InChI=1S/C11H18N6O2/c1-15-3-2-9(13-15)11(18)17-6-4-16(5-7-17)8-10(12)14-19/h2-3,19H,4-8H2,1H3,(H2,12,14). The first-order valence-electron chi connectivity index (χ1n) is 6.08. The van der Waals surface area contributed by atoms with Gasteiger partial charge in [-0.05, 0) is 6.07 Å². The minimum atomic E-state index is -0.0518. The first-order chi connectivity index (χ1) is 9.10. The molecule has 0 unspecified atom stereocenters. The molecule has 1 saturated heterocycles. The van der Waals surface area contributed by atoms with Crippen molar-refractivity contribution in [3.8, 4) is 0 Å². The van der Waals surface area contributed by atoms with Crippen molar-refractivity contribution in [1.29, 1.82) is 0 Å². The number of hydrogen-bond acceptors (Lipinski definition) is 5. The summed E-state index contributed by atoms with van der Waals surface area (Å²) in [5.74, 6) is 0.133. The van der Waals surface area contributed by atoms with Crippen LogP contribution in [0.1, 0.15) is 10.5 Å². The van der Waals surface area contributed by atoms with E-state index in [2.05, 4.69) is 10.3 Å². The molecule has 8 nitrogen and oxygen atoms in total. The second-order valence-electron chi connectivity index (χ2n) is 4.53. The van der Waals surface area contributed by atoms with E-state index in [4.69, 9.17) is 10.9 Å². The van der Waals surface area contributed by atoms with Gasteiger partial charge in [-0.1, -0.05) is 5.16 Å². The minimum Gasteiger partial charge on any atom is -0.409 e. The number of aryl methyl sites for hydroxylation is 1. The van der Waals surface area contributed by atoms with Crippen molar-refractivity contribution in [2.45, 2.75) is 0 Å². The molecule has 19 heavy (non-hydrogen) atoms. The lowest BCUT2D eigenvalue weighted by Crippen LogP contribution is -2.50. The predicted octanol–water partition coefficient (Wildman–Crippen LogP) is -1.08. The van der Waals surface area contributed by atoms with Crippen molar-refractivity contribution in [2.75, 3.05) is 32.7 Å². The summed E-state index contributed by atoms with van der Waals surface area (Å²) in [6.07, 6.45) is 1.75. The van der Waals surface area contributed by atoms with Gasteiger partial charge in [0.2, 0.25) is 0 Å². The van der Waals surface area contributed by atoms with Crippen molar-refractivity contribution < 1.29 is 10.0 Å². The Hall–Kier alpha value is -2.09. The maximum atomic E-state index is 12.1. The van der Waals surface area contributed by atoms with Gasteiger partial charge in [-0.25, -0.2) is 0 Å². The number of nitrogens with two attached hydrogens (primary N) is 1. The minimum absolute atomic E-state index is 0.0518. The van der Waals surface area contributed by atoms with Crippen LogP contribution in [0.5, 0.6) is 0 Å². The molecule has 3 N–H and O–H groups in total. The number of carbonyl (C=O) groups is 1. The highest BCUT2D eigenvalue weighted by Crippen LogP contribution is 2.06. The Labute approximate surface area is 111 Å². The molecule has 1 aliphatic heterocycles. The Morgan fingerprint density at radius 2 is 2.16 bits per heavy atom. The lowest BCUT2D eigenvalue weighted by atomic mass is 10.2. The van der Waals surface area contributed by atoms with Gasteiger partial charge in [0, 0.05) is 39.4 Å². The molecule has 0 aliphatic carbocycles. The second-order valence-corrected chi connectivity index (χ2v) is 4.53. The number of piperazine rings is 1. The zero-order valence-electron chi connectivity index (χ0n) is 10.9. The van der Waals surface area contributed by atoms with E-state index in [1.165, 1.54) is 0 Å². The van der Waals surface area contributed by atoms with Crippen LogP contribution in [-0.2, 0) is 7.05 Å². The van der Waals surface area contributed by atoms with Crippen molar-refractivity contribution in [3.05, 3.63) is 18.0 Å². The molecular weight excluding hydrogens is 248 g/mol. The van der Waals surface area contributed by atoms with Crippen LogP contribution in [-0.4, -0.2) is 69.3 Å². The first-order valence-corrected chi connectivity index (χ1v) is 6.08. The van der Waals surface area contributed by atoms with Crippen LogP contribution in [0.3, 0.4) is 0 Å². The summed E-state index contributed by atoms with van der Waals surface area (Å²) in [4.78, 5) is 15.9. The van der Waals surface area contributed by atoms with E-state index in [0.717, 1.165) is 0 Å². The molecule has 1 amide bonds. The molecule has 2 heterocycles. The second kappa shape index (κ2) is 5.70. The van der Waals surface area contributed by atoms with Gasteiger partial charge in [-0.15, -0.1) is 0 Å². The van der Waals surface area contributed by atoms with Gasteiger partial charge in [-0.2, -0.15) is 5.10 Å². The monoisotopic (exact) mass is 266 g/mol. The Balaban J connectivity index is 1.88. The summed E-state index contributed by atoms with van der Waals surface area (Å²) in [5, 5.41) is 15.6. The fraction of sp³-hybridized carbons (Fsp3) is 0.545. The summed E-state index contributed by atoms with van der Waals surface area (Å²) in [6, 6.07) is 1.71. The number of aromatic nitrogens is 2. The van der Waals surface area contributed by atoms with Crippen LogP contribution in [0.4, 0.5) is 0 Å². The Kier molecular flexibility index (Phi) is 4.00. The van der Waals surface area contributed by atoms with Gasteiger partial charge in [0.15, 0.2) is 5.84 Å². The number of hydrogen-bond donors (Lipinski definition) is 2. The quantitative estimate of drug-likeness (QED) is 0.314. The molecule has 0 aromatic carbocycles. The fourth-order valence-electron chi connectivity index (χ4n) is 2.06. The number of nitrogens with zero attached hydrogens (tertiary/aromatic N) is 5. The molecule has 1 aromatic heterocycles. The van der Waals surface area contributed by atoms with E-state index in [-0.39, 0.29) is 11.7 Å². The molecule has 0 atom stereocenters. The van der Waals surface area contributed by atoms with Crippen LogP contribution in [0, 0.1) is 0 Å². The highest BCUT2D eigenvalue weighted by atomic mass is 16.4. The normalized spacial score (nSPS) is 17.7. The third-order valence-electron chi connectivity index (χ3n) is 3.11. The molecule has 0 bridgehead atoms. The smallest absolute Gasteiger partial charge is 0.274 e. The SMILES string of the molecule is Cn1ccc(C(=O)N2CCN(C/C(N)=N/O)CC2)n1. The predicted molar refractivity (Wildman–Crippen MR) is 69.0 cm³/mol. The van der Waals surface area contributed by atoms with Crippen LogP contribution < -0.4 is 5.73 Å². The number of amides is 1. The Morgan fingerprint density at radius 3 is 2.68 bits per heavy atom. The van der Waals surface area contributed by atoms with Crippen molar-refractivity contribution in [3.63, 3.8) is 0 Å². The van der Waals surface area contributed by atoms with Gasteiger partial charge in [0.05, 0.1) is 6.54 Å². The van der Waals surface area contributed by atoms with Crippen LogP contribution in [0.15, 0.2) is 17.4 Å². The van der Waals surface area contributed by atoms with Gasteiger partial charge < -0.3 is 15.8 Å². The topological polar surface area (TPSA) is 100.0 Å².